The van der Waals surface area contributed by atoms with Crippen molar-refractivity contribution in [1.29, 1.82) is 0 Å². The van der Waals surface area contributed by atoms with Crippen molar-refractivity contribution in [1.82, 2.24) is 9.80 Å². The lowest BCUT2D eigenvalue weighted by Gasteiger charge is -2.34. The molecule has 22 heavy (non-hydrogen) atoms. The Bertz CT molecular complexity index is 513. The molecular weight excluding hydrogens is 280 g/mol. The van der Waals surface area contributed by atoms with Crippen LogP contribution in [0.3, 0.4) is 0 Å². The summed E-state index contributed by atoms with van der Waals surface area (Å²) in [5, 5.41) is 2.89. The summed E-state index contributed by atoms with van der Waals surface area (Å²) in [6.45, 7) is 2.53. The van der Waals surface area contributed by atoms with E-state index in [1.54, 1.807) is 25.3 Å². The van der Waals surface area contributed by atoms with Crippen molar-refractivity contribution in [2.45, 2.75) is 18.9 Å². The van der Waals surface area contributed by atoms with Crippen LogP contribution in [0.1, 0.15) is 12.8 Å². The molecule has 0 saturated carbocycles. The van der Waals surface area contributed by atoms with E-state index < -0.39 is 0 Å². The molecule has 1 heterocycles. The summed E-state index contributed by atoms with van der Waals surface area (Å²) in [4.78, 5) is 16.7. The number of methoxy groups -OCH3 is 1. The Labute approximate surface area is 132 Å². The van der Waals surface area contributed by atoms with Crippen LogP contribution in [0.25, 0.3) is 0 Å². The van der Waals surface area contributed by atoms with Gasteiger partial charge in [-0.25, -0.2) is 0 Å². The van der Waals surface area contributed by atoms with E-state index in [9.17, 15) is 4.79 Å². The standard InChI is InChI=1S/C16H26N4O2/c1-19-8-6-13(7-9-19)20(2)11-16(21)18-14-10-12(17)4-5-15(14)22-3/h4-5,10,13H,6-9,11,17H2,1-3H3,(H,18,21). The number of hydrogen-bond acceptors (Lipinski definition) is 5. The number of anilines is 2. The Morgan fingerprint density at radius 1 is 1.45 bits per heavy atom. The van der Waals surface area contributed by atoms with Gasteiger partial charge in [0.15, 0.2) is 0 Å². The van der Waals surface area contributed by atoms with Crippen LogP contribution in [0, 0.1) is 0 Å². The second-order valence-electron chi connectivity index (χ2n) is 5.96. The van der Waals surface area contributed by atoms with Crippen LogP contribution in [0.4, 0.5) is 11.4 Å². The number of hydrogen-bond donors (Lipinski definition) is 2. The number of benzene rings is 1. The first-order chi connectivity index (χ1) is 10.5. The number of piperidine rings is 1. The van der Waals surface area contributed by atoms with Crippen LogP contribution in [0.5, 0.6) is 5.75 Å². The molecule has 0 bridgehead atoms. The van der Waals surface area contributed by atoms with Crippen molar-refractivity contribution in [3.63, 3.8) is 0 Å². The molecule has 0 atom stereocenters. The van der Waals surface area contributed by atoms with Crippen LogP contribution < -0.4 is 15.8 Å². The minimum absolute atomic E-state index is 0.0506. The third-order valence-corrected chi connectivity index (χ3v) is 4.20. The third-order valence-electron chi connectivity index (χ3n) is 4.20. The molecular formula is C16H26N4O2. The molecule has 1 amide bonds. The van der Waals surface area contributed by atoms with E-state index in [1.165, 1.54) is 0 Å². The first-order valence-electron chi connectivity index (χ1n) is 7.61. The maximum absolute atomic E-state index is 12.2. The summed E-state index contributed by atoms with van der Waals surface area (Å²) in [6.07, 6.45) is 2.20. The lowest BCUT2D eigenvalue weighted by Crippen LogP contribution is -2.44. The molecule has 0 aliphatic carbocycles. The van der Waals surface area contributed by atoms with E-state index in [-0.39, 0.29) is 5.91 Å². The Balaban J connectivity index is 1.91. The summed E-state index contributed by atoms with van der Waals surface area (Å²) in [7, 11) is 5.72. The van der Waals surface area contributed by atoms with Gasteiger partial charge in [0.2, 0.25) is 5.91 Å². The molecule has 1 aromatic carbocycles. The minimum atomic E-state index is -0.0506. The van der Waals surface area contributed by atoms with Crippen molar-refractivity contribution in [3.05, 3.63) is 18.2 Å². The summed E-state index contributed by atoms with van der Waals surface area (Å²) >= 11 is 0. The highest BCUT2D eigenvalue weighted by atomic mass is 16.5. The van der Waals surface area contributed by atoms with E-state index >= 15 is 0 Å². The second-order valence-corrected chi connectivity index (χ2v) is 5.96. The molecule has 0 unspecified atom stereocenters. The highest BCUT2D eigenvalue weighted by Crippen LogP contribution is 2.26. The van der Waals surface area contributed by atoms with Crippen LogP contribution in [0.2, 0.25) is 0 Å². The normalized spacial score (nSPS) is 16.7. The zero-order valence-electron chi connectivity index (χ0n) is 13.6. The van der Waals surface area contributed by atoms with Crippen LogP contribution in [0.15, 0.2) is 18.2 Å². The molecule has 1 aliphatic rings. The number of nitrogen functional groups attached to an aromatic ring is 1. The second kappa shape index (κ2) is 7.47. The molecule has 1 saturated heterocycles. The summed E-state index contributed by atoms with van der Waals surface area (Å²) < 4.78 is 5.24. The zero-order chi connectivity index (χ0) is 16.1. The van der Waals surface area contributed by atoms with Gasteiger partial charge in [-0.3, -0.25) is 9.69 Å². The SMILES string of the molecule is COc1ccc(N)cc1NC(=O)CN(C)C1CCN(C)CC1. The number of carbonyl (C=O) groups is 1. The van der Waals surface area contributed by atoms with Crippen LogP contribution in [-0.2, 0) is 4.79 Å². The maximum atomic E-state index is 12.2. The van der Waals surface area contributed by atoms with E-state index in [0.717, 1.165) is 25.9 Å². The van der Waals surface area contributed by atoms with Gasteiger partial charge in [0, 0.05) is 11.7 Å². The average Bonchev–Trinajstić information content (AvgIpc) is 2.48. The number of likely N-dealkylation sites (N-methyl/N-ethyl adjacent to an activating group) is 1. The summed E-state index contributed by atoms with van der Waals surface area (Å²) in [6, 6.07) is 5.68. The lowest BCUT2D eigenvalue weighted by atomic mass is 10.0. The van der Waals surface area contributed by atoms with Gasteiger partial charge in [-0.2, -0.15) is 0 Å². The number of nitrogens with zero attached hydrogens (tertiary/aromatic N) is 2. The molecule has 3 N–H and O–H groups in total. The number of nitrogens with one attached hydrogen (secondary N) is 1. The number of likely N-dealkylation sites (tertiary alicyclic amines) is 1. The molecule has 6 nitrogen and oxygen atoms in total. The number of carbonyl (C=O) groups excluding carboxylic acids is 1. The van der Waals surface area contributed by atoms with Crippen molar-refractivity contribution < 1.29 is 9.53 Å². The lowest BCUT2D eigenvalue weighted by molar-refractivity contribution is -0.117. The van der Waals surface area contributed by atoms with E-state index in [2.05, 4.69) is 22.2 Å². The number of amides is 1. The molecule has 2 rings (SSSR count). The van der Waals surface area contributed by atoms with Gasteiger partial charge < -0.3 is 20.7 Å². The predicted molar refractivity (Wildman–Crippen MR) is 89.2 cm³/mol. The summed E-state index contributed by atoms with van der Waals surface area (Å²) in [5.41, 5.74) is 6.98. The number of rotatable bonds is 5. The smallest absolute Gasteiger partial charge is 0.238 e. The highest BCUT2D eigenvalue weighted by Gasteiger charge is 2.22. The van der Waals surface area contributed by atoms with E-state index in [4.69, 9.17) is 10.5 Å². The zero-order valence-corrected chi connectivity index (χ0v) is 13.6. The number of nitrogens with two attached hydrogens (primary N) is 1. The maximum Gasteiger partial charge on any atom is 0.238 e. The Morgan fingerprint density at radius 2 is 2.14 bits per heavy atom. The molecule has 1 fully saturated rings. The largest absolute Gasteiger partial charge is 0.495 e. The number of ether oxygens (including phenoxy) is 1. The monoisotopic (exact) mass is 306 g/mol. The molecule has 0 aromatic heterocycles. The van der Waals surface area contributed by atoms with Crippen LogP contribution in [-0.4, -0.2) is 62.6 Å². The molecule has 6 heteroatoms. The van der Waals surface area contributed by atoms with E-state index in [0.29, 0.717) is 29.7 Å². The third kappa shape index (κ3) is 4.35. The Kier molecular flexibility index (Phi) is 5.63. The molecule has 1 aliphatic heterocycles. The molecule has 122 valence electrons. The van der Waals surface area contributed by atoms with Gasteiger partial charge in [-0.05, 0) is 58.2 Å². The summed E-state index contributed by atoms with van der Waals surface area (Å²) in [5.74, 6) is 0.565. The van der Waals surface area contributed by atoms with Gasteiger partial charge in [0.25, 0.3) is 0 Å². The topological polar surface area (TPSA) is 70.8 Å². The molecule has 0 spiro atoms. The first-order valence-corrected chi connectivity index (χ1v) is 7.61. The molecule has 0 radical (unpaired) electrons. The van der Waals surface area contributed by atoms with Crippen molar-refractivity contribution in [2.75, 3.05) is 51.9 Å². The minimum Gasteiger partial charge on any atom is -0.495 e. The highest BCUT2D eigenvalue weighted by molar-refractivity contribution is 5.94. The fourth-order valence-corrected chi connectivity index (χ4v) is 2.80. The van der Waals surface area contributed by atoms with Gasteiger partial charge >= 0.3 is 0 Å². The predicted octanol–water partition coefficient (Wildman–Crippen LogP) is 1.24. The van der Waals surface area contributed by atoms with Crippen molar-refractivity contribution in [2.24, 2.45) is 0 Å². The van der Waals surface area contributed by atoms with Crippen LogP contribution >= 0.6 is 0 Å². The van der Waals surface area contributed by atoms with Gasteiger partial charge in [0.05, 0.1) is 19.3 Å². The molecule has 1 aromatic rings. The van der Waals surface area contributed by atoms with Gasteiger partial charge in [-0.15, -0.1) is 0 Å². The van der Waals surface area contributed by atoms with E-state index in [1.807, 2.05) is 7.05 Å². The average molecular weight is 306 g/mol. The fourth-order valence-electron chi connectivity index (χ4n) is 2.80. The van der Waals surface area contributed by atoms with Gasteiger partial charge in [0.1, 0.15) is 5.75 Å². The quantitative estimate of drug-likeness (QED) is 0.801. The van der Waals surface area contributed by atoms with Crippen molar-refractivity contribution >= 4 is 17.3 Å². The van der Waals surface area contributed by atoms with Crippen molar-refractivity contribution in [3.8, 4) is 5.75 Å². The Hall–Kier alpha value is -1.79. The Morgan fingerprint density at radius 3 is 2.77 bits per heavy atom. The first kappa shape index (κ1) is 16.6. The fraction of sp³-hybridized carbons (Fsp3) is 0.562. The van der Waals surface area contributed by atoms with Gasteiger partial charge in [-0.1, -0.05) is 0 Å².